The smallest absolute Gasteiger partial charge is 0.165 e. The summed E-state index contributed by atoms with van der Waals surface area (Å²) in [5, 5.41) is 12.9. The normalized spacial score (nSPS) is 17.8. The molecule has 94 valence electrons. The summed E-state index contributed by atoms with van der Waals surface area (Å²) in [7, 11) is 0. The van der Waals surface area contributed by atoms with Gasteiger partial charge in [0.1, 0.15) is 0 Å². The van der Waals surface area contributed by atoms with Crippen LogP contribution in [0.1, 0.15) is 24.8 Å². The van der Waals surface area contributed by atoms with Gasteiger partial charge in [0, 0.05) is 23.4 Å². The molecular formula is C13H18FNOS. The van der Waals surface area contributed by atoms with Crippen LogP contribution in [0.3, 0.4) is 0 Å². The highest BCUT2D eigenvalue weighted by molar-refractivity contribution is 8.00. The van der Waals surface area contributed by atoms with Gasteiger partial charge in [0.15, 0.2) is 11.6 Å². The lowest BCUT2D eigenvalue weighted by molar-refractivity contribution is 0.343. The third-order valence-corrected chi connectivity index (χ3v) is 4.95. The van der Waals surface area contributed by atoms with E-state index in [-0.39, 0.29) is 5.75 Å². The number of halogens is 1. The molecule has 1 saturated carbocycles. The highest BCUT2D eigenvalue weighted by Gasteiger charge is 2.35. The van der Waals surface area contributed by atoms with Crippen molar-refractivity contribution < 1.29 is 9.50 Å². The number of benzene rings is 1. The van der Waals surface area contributed by atoms with E-state index in [1.54, 1.807) is 12.1 Å². The van der Waals surface area contributed by atoms with E-state index in [2.05, 4.69) is 11.6 Å². The van der Waals surface area contributed by atoms with Crippen LogP contribution in [-0.4, -0.2) is 22.7 Å². The van der Waals surface area contributed by atoms with E-state index >= 15 is 0 Å². The van der Waals surface area contributed by atoms with E-state index in [1.165, 1.54) is 25.3 Å². The number of rotatable bonds is 5. The fourth-order valence-electron chi connectivity index (χ4n) is 2.15. The van der Waals surface area contributed by atoms with Crippen LogP contribution in [0.2, 0.25) is 0 Å². The number of nitrogens with one attached hydrogen (secondary N) is 1. The maximum Gasteiger partial charge on any atom is 0.165 e. The van der Waals surface area contributed by atoms with E-state index in [1.807, 2.05) is 11.8 Å². The Hall–Kier alpha value is -0.740. The first kappa shape index (κ1) is 12.7. The highest BCUT2D eigenvalue weighted by atomic mass is 32.2. The monoisotopic (exact) mass is 255 g/mol. The Morgan fingerprint density at radius 3 is 2.82 bits per heavy atom. The van der Waals surface area contributed by atoms with Gasteiger partial charge in [0.2, 0.25) is 0 Å². The fraction of sp³-hybridized carbons (Fsp3) is 0.538. The predicted octanol–water partition coefficient (Wildman–Crippen LogP) is 2.91. The third kappa shape index (κ3) is 2.75. The van der Waals surface area contributed by atoms with E-state index in [9.17, 15) is 9.50 Å². The minimum absolute atomic E-state index is 0.230. The summed E-state index contributed by atoms with van der Waals surface area (Å²) in [4.78, 5) is 0. The number of aromatic hydroxyl groups is 1. The number of phenolic OH excluding ortho intramolecular Hbond substituents is 1. The first-order chi connectivity index (χ1) is 8.17. The number of para-hydroxylation sites is 1. The zero-order chi connectivity index (χ0) is 12.3. The Balaban J connectivity index is 1.88. The van der Waals surface area contributed by atoms with Gasteiger partial charge in [0.05, 0.1) is 0 Å². The van der Waals surface area contributed by atoms with Gasteiger partial charge in [-0.1, -0.05) is 18.6 Å². The number of thioether (sulfide) groups is 1. The van der Waals surface area contributed by atoms with Crippen LogP contribution in [-0.2, 0) is 6.54 Å². The van der Waals surface area contributed by atoms with Crippen LogP contribution in [0.4, 0.5) is 4.39 Å². The second-order valence-electron chi connectivity index (χ2n) is 4.59. The molecule has 0 spiro atoms. The van der Waals surface area contributed by atoms with Crippen molar-refractivity contribution in [1.82, 2.24) is 5.32 Å². The Labute approximate surface area is 106 Å². The molecule has 4 heteroatoms. The molecule has 0 atom stereocenters. The predicted molar refractivity (Wildman–Crippen MR) is 69.9 cm³/mol. The van der Waals surface area contributed by atoms with E-state index < -0.39 is 5.82 Å². The number of phenols is 1. The SMILES string of the molecule is CSC1(CNCc2cccc(F)c2O)CCC1. The summed E-state index contributed by atoms with van der Waals surface area (Å²) in [5.74, 6) is -0.778. The van der Waals surface area contributed by atoms with Gasteiger partial charge in [-0.15, -0.1) is 0 Å². The lowest BCUT2D eigenvalue weighted by Crippen LogP contribution is -2.43. The zero-order valence-electron chi connectivity index (χ0n) is 10.0. The van der Waals surface area contributed by atoms with Crippen molar-refractivity contribution in [3.63, 3.8) is 0 Å². The molecule has 0 radical (unpaired) electrons. The van der Waals surface area contributed by atoms with Gasteiger partial charge < -0.3 is 10.4 Å². The van der Waals surface area contributed by atoms with Gasteiger partial charge >= 0.3 is 0 Å². The maximum absolute atomic E-state index is 13.1. The Morgan fingerprint density at radius 2 is 2.24 bits per heavy atom. The summed E-state index contributed by atoms with van der Waals surface area (Å²) in [6.45, 7) is 1.44. The van der Waals surface area contributed by atoms with Gasteiger partial charge in [0.25, 0.3) is 0 Å². The molecule has 1 aromatic rings. The number of hydrogen-bond acceptors (Lipinski definition) is 3. The van der Waals surface area contributed by atoms with Crippen LogP contribution in [0, 0.1) is 5.82 Å². The summed E-state index contributed by atoms with van der Waals surface area (Å²) in [6.07, 6.45) is 5.93. The minimum atomic E-state index is -0.549. The lowest BCUT2D eigenvalue weighted by Gasteiger charge is -2.40. The largest absolute Gasteiger partial charge is 0.505 e. The molecule has 0 aliphatic heterocycles. The molecule has 2 nitrogen and oxygen atoms in total. The molecule has 1 aromatic carbocycles. The fourth-order valence-corrected chi connectivity index (χ4v) is 3.10. The minimum Gasteiger partial charge on any atom is -0.505 e. The second kappa shape index (κ2) is 5.27. The highest BCUT2D eigenvalue weighted by Crippen LogP contribution is 2.42. The van der Waals surface area contributed by atoms with E-state index in [4.69, 9.17) is 0 Å². The molecule has 1 aliphatic carbocycles. The Kier molecular flexibility index (Phi) is 3.94. The van der Waals surface area contributed by atoms with Crippen LogP contribution < -0.4 is 5.32 Å². The molecule has 0 saturated heterocycles. The van der Waals surface area contributed by atoms with Gasteiger partial charge in [-0.05, 0) is 25.2 Å². The van der Waals surface area contributed by atoms with Gasteiger partial charge in [-0.2, -0.15) is 11.8 Å². The van der Waals surface area contributed by atoms with E-state index in [0.717, 1.165) is 6.54 Å². The average Bonchev–Trinajstić information content (AvgIpc) is 2.28. The van der Waals surface area contributed by atoms with Gasteiger partial charge in [-0.3, -0.25) is 0 Å². The summed E-state index contributed by atoms with van der Waals surface area (Å²) in [5.41, 5.74) is 0.626. The van der Waals surface area contributed by atoms with Gasteiger partial charge in [-0.25, -0.2) is 4.39 Å². The molecule has 1 fully saturated rings. The molecule has 0 amide bonds. The molecule has 17 heavy (non-hydrogen) atoms. The van der Waals surface area contributed by atoms with Crippen LogP contribution in [0.5, 0.6) is 5.75 Å². The van der Waals surface area contributed by atoms with Crippen molar-refractivity contribution in [2.24, 2.45) is 0 Å². The molecule has 1 aliphatic rings. The van der Waals surface area contributed by atoms with Crippen LogP contribution in [0.25, 0.3) is 0 Å². The molecule has 2 rings (SSSR count). The topological polar surface area (TPSA) is 32.3 Å². The quantitative estimate of drug-likeness (QED) is 0.848. The average molecular weight is 255 g/mol. The molecule has 0 aromatic heterocycles. The van der Waals surface area contributed by atoms with Crippen molar-refractivity contribution in [2.45, 2.75) is 30.6 Å². The standard InChI is InChI=1S/C13H18FNOS/c1-17-13(6-3-7-13)9-15-8-10-4-2-5-11(14)12(10)16/h2,4-5,15-16H,3,6-9H2,1H3. The Morgan fingerprint density at radius 1 is 1.47 bits per heavy atom. The summed E-state index contributed by atoms with van der Waals surface area (Å²) in [6, 6.07) is 4.64. The van der Waals surface area contributed by atoms with Crippen molar-refractivity contribution in [3.05, 3.63) is 29.6 Å². The van der Waals surface area contributed by atoms with Crippen molar-refractivity contribution in [1.29, 1.82) is 0 Å². The van der Waals surface area contributed by atoms with Crippen molar-refractivity contribution in [2.75, 3.05) is 12.8 Å². The number of hydrogen-bond donors (Lipinski definition) is 2. The maximum atomic E-state index is 13.1. The second-order valence-corrected chi connectivity index (χ2v) is 5.87. The Bertz CT molecular complexity index is 387. The summed E-state index contributed by atoms with van der Waals surface area (Å²) < 4.78 is 13.5. The molecule has 0 bridgehead atoms. The molecule has 2 N–H and O–H groups in total. The molecular weight excluding hydrogens is 237 g/mol. The van der Waals surface area contributed by atoms with Crippen molar-refractivity contribution in [3.8, 4) is 5.75 Å². The lowest BCUT2D eigenvalue weighted by atomic mass is 9.84. The molecule has 0 heterocycles. The molecule has 0 unspecified atom stereocenters. The van der Waals surface area contributed by atoms with E-state index in [0.29, 0.717) is 16.9 Å². The first-order valence-electron chi connectivity index (χ1n) is 5.89. The zero-order valence-corrected chi connectivity index (χ0v) is 10.8. The first-order valence-corrected chi connectivity index (χ1v) is 7.12. The van der Waals surface area contributed by atoms with Crippen LogP contribution >= 0.6 is 11.8 Å². The third-order valence-electron chi connectivity index (χ3n) is 3.53. The summed E-state index contributed by atoms with van der Waals surface area (Å²) >= 11 is 1.90. The van der Waals surface area contributed by atoms with Crippen LogP contribution in [0.15, 0.2) is 18.2 Å². The van der Waals surface area contributed by atoms with Crippen molar-refractivity contribution >= 4 is 11.8 Å².